The first kappa shape index (κ1) is 12.6. The van der Waals surface area contributed by atoms with Gasteiger partial charge in [-0.25, -0.2) is 0 Å². The number of rotatable bonds is 5. The number of nitrogens with two attached hydrogens (primary N) is 1. The summed E-state index contributed by atoms with van der Waals surface area (Å²) >= 11 is 0. The second-order valence-corrected chi connectivity index (χ2v) is 5.33. The van der Waals surface area contributed by atoms with Crippen LogP contribution in [0.3, 0.4) is 0 Å². The van der Waals surface area contributed by atoms with Crippen molar-refractivity contribution < 1.29 is 5.11 Å². The molecule has 2 nitrogen and oxygen atoms in total. The summed E-state index contributed by atoms with van der Waals surface area (Å²) in [5, 5.41) is 9.10. The fraction of sp³-hybridized carbons (Fsp3) is 0.600. The Morgan fingerprint density at radius 1 is 1.12 bits per heavy atom. The molecule has 3 N–H and O–H groups in total. The van der Waals surface area contributed by atoms with E-state index in [2.05, 4.69) is 24.3 Å². The summed E-state index contributed by atoms with van der Waals surface area (Å²) in [4.78, 5) is 0. The summed E-state index contributed by atoms with van der Waals surface area (Å²) < 4.78 is 0. The smallest absolute Gasteiger partial charge is 0.0471 e. The van der Waals surface area contributed by atoms with E-state index in [1.54, 1.807) is 0 Å². The fourth-order valence-corrected chi connectivity index (χ4v) is 3.08. The second-order valence-electron chi connectivity index (χ2n) is 5.33. The van der Waals surface area contributed by atoms with Crippen LogP contribution >= 0.6 is 0 Å². The molecular formula is C15H23NO. The van der Waals surface area contributed by atoms with Gasteiger partial charge in [0.15, 0.2) is 0 Å². The van der Waals surface area contributed by atoms with Crippen molar-refractivity contribution in [2.24, 2.45) is 11.1 Å². The predicted octanol–water partition coefficient (Wildman–Crippen LogP) is 2.28. The topological polar surface area (TPSA) is 46.2 Å². The molecule has 0 aromatic heterocycles. The quantitative estimate of drug-likeness (QED) is 0.819. The Morgan fingerprint density at radius 2 is 1.76 bits per heavy atom. The Hall–Kier alpha value is -0.860. The summed E-state index contributed by atoms with van der Waals surface area (Å²) in [5.74, 6) is 0. The molecule has 1 fully saturated rings. The molecule has 0 saturated heterocycles. The minimum absolute atomic E-state index is 0.229. The van der Waals surface area contributed by atoms with Crippen LogP contribution in [-0.2, 0) is 12.8 Å². The van der Waals surface area contributed by atoms with Crippen molar-refractivity contribution in [2.45, 2.75) is 38.5 Å². The number of aliphatic hydroxyl groups is 1. The van der Waals surface area contributed by atoms with Gasteiger partial charge >= 0.3 is 0 Å². The molecule has 0 atom stereocenters. The predicted molar refractivity (Wildman–Crippen MR) is 70.9 cm³/mol. The minimum atomic E-state index is 0.229. The second kappa shape index (κ2) is 5.65. The SMILES string of the molecule is NCC1(Cc2ccccc2CCO)CCCC1. The average Bonchev–Trinajstić information content (AvgIpc) is 2.81. The van der Waals surface area contributed by atoms with E-state index in [0.29, 0.717) is 5.41 Å². The molecule has 0 unspecified atom stereocenters. The highest BCUT2D eigenvalue weighted by molar-refractivity contribution is 5.28. The van der Waals surface area contributed by atoms with Gasteiger partial charge in [-0.2, -0.15) is 0 Å². The molecule has 94 valence electrons. The molecule has 17 heavy (non-hydrogen) atoms. The molecule has 0 bridgehead atoms. The molecule has 0 radical (unpaired) electrons. The van der Waals surface area contributed by atoms with E-state index in [-0.39, 0.29) is 6.61 Å². The lowest BCUT2D eigenvalue weighted by Gasteiger charge is -2.28. The molecule has 0 spiro atoms. The first-order valence-electron chi connectivity index (χ1n) is 6.67. The van der Waals surface area contributed by atoms with Crippen LogP contribution in [0, 0.1) is 5.41 Å². The minimum Gasteiger partial charge on any atom is -0.396 e. The highest BCUT2D eigenvalue weighted by Crippen LogP contribution is 2.40. The maximum absolute atomic E-state index is 9.10. The average molecular weight is 233 g/mol. The Labute approximate surface area is 104 Å². The van der Waals surface area contributed by atoms with E-state index in [9.17, 15) is 0 Å². The highest BCUT2D eigenvalue weighted by Gasteiger charge is 2.32. The standard InChI is InChI=1S/C15H23NO/c16-12-15(8-3-4-9-15)11-14-6-2-1-5-13(14)7-10-17/h1-2,5-6,17H,3-4,7-12,16H2. The molecule has 0 amide bonds. The monoisotopic (exact) mass is 233 g/mol. The zero-order valence-electron chi connectivity index (χ0n) is 10.5. The number of benzene rings is 1. The first-order chi connectivity index (χ1) is 8.29. The zero-order valence-corrected chi connectivity index (χ0v) is 10.5. The molecule has 1 aliphatic rings. The third kappa shape index (κ3) is 2.88. The zero-order chi connectivity index (χ0) is 12.1. The van der Waals surface area contributed by atoms with Gasteiger partial charge < -0.3 is 10.8 Å². The number of hydrogen-bond acceptors (Lipinski definition) is 2. The van der Waals surface area contributed by atoms with Crippen LogP contribution in [-0.4, -0.2) is 18.3 Å². The maximum Gasteiger partial charge on any atom is 0.0471 e. The molecule has 1 aliphatic carbocycles. The lowest BCUT2D eigenvalue weighted by molar-refractivity contribution is 0.293. The Morgan fingerprint density at radius 3 is 2.35 bits per heavy atom. The highest BCUT2D eigenvalue weighted by atomic mass is 16.2. The van der Waals surface area contributed by atoms with Crippen LogP contribution in [0.4, 0.5) is 0 Å². The third-order valence-corrected chi connectivity index (χ3v) is 4.16. The van der Waals surface area contributed by atoms with Gasteiger partial charge in [-0.15, -0.1) is 0 Å². The molecule has 1 aromatic carbocycles. The Bertz CT molecular complexity index is 356. The van der Waals surface area contributed by atoms with E-state index in [4.69, 9.17) is 10.8 Å². The summed E-state index contributed by atoms with van der Waals surface area (Å²) in [6, 6.07) is 8.47. The fourth-order valence-electron chi connectivity index (χ4n) is 3.08. The Kier molecular flexibility index (Phi) is 4.19. The summed E-state index contributed by atoms with van der Waals surface area (Å²) in [6.07, 6.45) is 7.00. The van der Waals surface area contributed by atoms with E-state index in [1.807, 2.05) is 0 Å². The van der Waals surface area contributed by atoms with Gasteiger partial charge in [0.05, 0.1) is 0 Å². The maximum atomic E-state index is 9.10. The summed E-state index contributed by atoms with van der Waals surface area (Å²) in [7, 11) is 0. The molecule has 2 rings (SSSR count). The van der Waals surface area contributed by atoms with Gasteiger partial charge in [0.1, 0.15) is 0 Å². The van der Waals surface area contributed by atoms with E-state index in [0.717, 1.165) is 19.4 Å². The molecule has 2 heteroatoms. The van der Waals surface area contributed by atoms with Gasteiger partial charge in [0.2, 0.25) is 0 Å². The van der Waals surface area contributed by atoms with Crippen LogP contribution < -0.4 is 5.73 Å². The van der Waals surface area contributed by atoms with Crippen LogP contribution in [0.15, 0.2) is 24.3 Å². The van der Waals surface area contributed by atoms with Gasteiger partial charge in [0.25, 0.3) is 0 Å². The molecule has 0 aliphatic heterocycles. The molecular weight excluding hydrogens is 210 g/mol. The molecule has 0 heterocycles. The normalized spacial score (nSPS) is 18.5. The molecule has 1 saturated carbocycles. The van der Waals surface area contributed by atoms with E-state index < -0.39 is 0 Å². The lowest BCUT2D eigenvalue weighted by atomic mass is 9.79. The van der Waals surface area contributed by atoms with Crippen molar-refractivity contribution in [2.75, 3.05) is 13.2 Å². The van der Waals surface area contributed by atoms with Crippen molar-refractivity contribution in [3.63, 3.8) is 0 Å². The first-order valence-corrected chi connectivity index (χ1v) is 6.67. The van der Waals surface area contributed by atoms with Gasteiger partial charge in [-0.05, 0) is 48.8 Å². The van der Waals surface area contributed by atoms with Crippen molar-refractivity contribution >= 4 is 0 Å². The van der Waals surface area contributed by atoms with Gasteiger partial charge in [0, 0.05) is 6.61 Å². The van der Waals surface area contributed by atoms with Crippen molar-refractivity contribution in [3.05, 3.63) is 35.4 Å². The molecule has 1 aromatic rings. The summed E-state index contributed by atoms with van der Waals surface area (Å²) in [5.41, 5.74) is 8.99. The van der Waals surface area contributed by atoms with Gasteiger partial charge in [-0.1, -0.05) is 37.1 Å². The van der Waals surface area contributed by atoms with E-state index >= 15 is 0 Å². The largest absolute Gasteiger partial charge is 0.396 e. The van der Waals surface area contributed by atoms with Crippen LogP contribution in [0.5, 0.6) is 0 Å². The Balaban J connectivity index is 2.16. The van der Waals surface area contributed by atoms with Crippen molar-refractivity contribution in [1.29, 1.82) is 0 Å². The lowest BCUT2D eigenvalue weighted by Crippen LogP contribution is -2.30. The van der Waals surface area contributed by atoms with Crippen LogP contribution in [0.25, 0.3) is 0 Å². The van der Waals surface area contributed by atoms with Crippen LogP contribution in [0.1, 0.15) is 36.8 Å². The summed E-state index contributed by atoms with van der Waals surface area (Å²) in [6.45, 7) is 1.02. The van der Waals surface area contributed by atoms with Crippen molar-refractivity contribution in [3.8, 4) is 0 Å². The third-order valence-electron chi connectivity index (χ3n) is 4.16. The van der Waals surface area contributed by atoms with Gasteiger partial charge in [-0.3, -0.25) is 0 Å². The number of aliphatic hydroxyl groups excluding tert-OH is 1. The van der Waals surface area contributed by atoms with Crippen LogP contribution in [0.2, 0.25) is 0 Å². The number of hydrogen-bond donors (Lipinski definition) is 2. The van der Waals surface area contributed by atoms with Crippen molar-refractivity contribution in [1.82, 2.24) is 0 Å². The van der Waals surface area contributed by atoms with E-state index in [1.165, 1.54) is 36.8 Å².